The Labute approximate surface area is 96.3 Å². The van der Waals surface area contributed by atoms with Crippen LogP contribution >= 0.6 is 0 Å². The summed E-state index contributed by atoms with van der Waals surface area (Å²) in [6, 6.07) is 0. The van der Waals surface area contributed by atoms with Gasteiger partial charge in [0.1, 0.15) is 5.60 Å². The van der Waals surface area contributed by atoms with E-state index in [4.69, 9.17) is 10.5 Å². The minimum atomic E-state index is -0.899. The molecule has 0 aromatic heterocycles. The van der Waals surface area contributed by atoms with E-state index < -0.39 is 5.60 Å². The molecule has 0 aromatic rings. The number of rotatable bonds is 6. The van der Waals surface area contributed by atoms with Crippen LogP contribution in [-0.2, 0) is 9.53 Å². The van der Waals surface area contributed by atoms with Crippen molar-refractivity contribution >= 4 is 5.91 Å². The highest BCUT2D eigenvalue weighted by Gasteiger charge is 2.39. The van der Waals surface area contributed by atoms with E-state index in [-0.39, 0.29) is 18.6 Å². The number of amides is 1. The fourth-order valence-electron chi connectivity index (χ4n) is 1.77. The quantitative estimate of drug-likeness (QED) is 0.550. The van der Waals surface area contributed by atoms with Gasteiger partial charge in [-0.2, -0.15) is 0 Å². The van der Waals surface area contributed by atoms with Crippen LogP contribution in [0.4, 0.5) is 0 Å². The summed E-state index contributed by atoms with van der Waals surface area (Å²) >= 11 is 0. The number of carbonyl (C=O) groups excluding carboxylic acids is 1. The summed E-state index contributed by atoms with van der Waals surface area (Å²) in [5.41, 5.74) is 4.44. The molecular weight excluding hydrogens is 208 g/mol. The van der Waals surface area contributed by atoms with Gasteiger partial charge in [-0.05, 0) is 26.3 Å². The van der Waals surface area contributed by atoms with Crippen LogP contribution in [-0.4, -0.2) is 42.4 Å². The maximum absolute atomic E-state index is 11.4. The lowest BCUT2D eigenvalue weighted by Crippen LogP contribution is -2.47. The zero-order valence-electron chi connectivity index (χ0n) is 9.87. The monoisotopic (exact) mass is 230 g/mol. The molecule has 0 radical (unpaired) electrons. The summed E-state index contributed by atoms with van der Waals surface area (Å²) in [6.07, 6.45) is 2.50. The fourth-order valence-corrected chi connectivity index (χ4v) is 1.77. The number of carbonyl (C=O) groups is 1. The zero-order valence-corrected chi connectivity index (χ0v) is 9.87. The minimum Gasteiger partial charge on any atom is -0.385 e. The second-order valence-electron chi connectivity index (χ2n) is 4.39. The zero-order chi connectivity index (χ0) is 12.0. The van der Waals surface area contributed by atoms with Crippen molar-refractivity contribution < 1.29 is 14.6 Å². The Morgan fingerprint density at radius 1 is 1.62 bits per heavy atom. The normalized spacial score (nSPS) is 29.3. The number of ether oxygens (including phenoxy) is 1. The number of nitrogens with two attached hydrogens (primary N) is 1. The van der Waals surface area contributed by atoms with Gasteiger partial charge in [-0.3, -0.25) is 4.79 Å². The maximum atomic E-state index is 11.4. The highest BCUT2D eigenvalue weighted by Crippen LogP contribution is 2.24. The second kappa shape index (κ2) is 6.18. The van der Waals surface area contributed by atoms with E-state index in [2.05, 4.69) is 5.32 Å². The molecule has 0 saturated carbocycles. The summed E-state index contributed by atoms with van der Waals surface area (Å²) in [5, 5.41) is 12.9. The first kappa shape index (κ1) is 13.4. The molecule has 0 bridgehead atoms. The number of aliphatic hydroxyl groups is 1. The molecule has 5 nitrogen and oxygen atoms in total. The predicted molar refractivity (Wildman–Crippen MR) is 60.9 cm³/mol. The van der Waals surface area contributed by atoms with E-state index >= 15 is 0 Å². The first-order valence-corrected chi connectivity index (χ1v) is 5.89. The summed E-state index contributed by atoms with van der Waals surface area (Å²) in [4.78, 5) is 11.4. The molecule has 1 amide bonds. The van der Waals surface area contributed by atoms with E-state index in [1.54, 1.807) is 0 Å². The number of hydrogen-bond acceptors (Lipinski definition) is 4. The van der Waals surface area contributed by atoms with Crippen molar-refractivity contribution in [2.45, 2.75) is 44.3 Å². The highest BCUT2D eigenvalue weighted by atomic mass is 16.5. The van der Waals surface area contributed by atoms with Gasteiger partial charge in [0, 0.05) is 26.0 Å². The molecule has 5 heteroatoms. The topological polar surface area (TPSA) is 84.6 Å². The van der Waals surface area contributed by atoms with Crippen LogP contribution in [0.2, 0.25) is 0 Å². The molecule has 94 valence electrons. The van der Waals surface area contributed by atoms with Crippen LogP contribution < -0.4 is 11.1 Å². The molecule has 1 heterocycles. The van der Waals surface area contributed by atoms with Gasteiger partial charge in [0.25, 0.3) is 0 Å². The Kier molecular flexibility index (Phi) is 5.18. The molecule has 1 rings (SSSR count). The Balaban J connectivity index is 2.20. The molecule has 1 aliphatic heterocycles. The van der Waals surface area contributed by atoms with Crippen molar-refractivity contribution in [2.75, 3.05) is 19.7 Å². The third-order valence-electron chi connectivity index (χ3n) is 3.11. The fraction of sp³-hybridized carbons (Fsp3) is 0.909. The van der Waals surface area contributed by atoms with Gasteiger partial charge in [0.05, 0.1) is 6.10 Å². The van der Waals surface area contributed by atoms with E-state index in [9.17, 15) is 9.90 Å². The summed E-state index contributed by atoms with van der Waals surface area (Å²) in [7, 11) is 0. The van der Waals surface area contributed by atoms with Gasteiger partial charge < -0.3 is 20.9 Å². The lowest BCUT2D eigenvalue weighted by molar-refractivity contribution is -0.123. The molecule has 4 N–H and O–H groups in total. The Hall–Kier alpha value is -0.650. The van der Waals surface area contributed by atoms with E-state index in [1.165, 1.54) is 0 Å². The highest BCUT2D eigenvalue weighted by molar-refractivity contribution is 5.75. The van der Waals surface area contributed by atoms with Gasteiger partial charge in [0.2, 0.25) is 5.91 Å². The van der Waals surface area contributed by atoms with Crippen molar-refractivity contribution in [1.82, 2.24) is 5.32 Å². The average Bonchev–Trinajstić information content (AvgIpc) is 2.58. The van der Waals surface area contributed by atoms with Gasteiger partial charge in [-0.1, -0.05) is 0 Å². The Morgan fingerprint density at radius 3 is 2.94 bits per heavy atom. The number of unbranched alkanes of at least 4 members (excludes halogenated alkanes) is 1. The smallest absolute Gasteiger partial charge is 0.220 e. The summed E-state index contributed by atoms with van der Waals surface area (Å²) in [5.74, 6) is -0.0269. The molecule has 1 fully saturated rings. The van der Waals surface area contributed by atoms with Gasteiger partial charge in [0.15, 0.2) is 0 Å². The van der Waals surface area contributed by atoms with Crippen molar-refractivity contribution in [1.29, 1.82) is 0 Å². The van der Waals surface area contributed by atoms with Gasteiger partial charge in [-0.25, -0.2) is 0 Å². The SMILES string of the molecule is CC1OCCC1(O)CNC(=O)CCCCN. The van der Waals surface area contributed by atoms with Crippen molar-refractivity contribution in [2.24, 2.45) is 5.73 Å². The average molecular weight is 230 g/mol. The molecule has 0 aliphatic carbocycles. The molecule has 0 aromatic carbocycles. The van der Waals surface area contributed by atoms with Crippen LogP contribution in [0.15, 0.2) is 0 Å². The summed E-state index contributed by atoms with van der Waals surface area (Å²) < 4.78 is 5.28. The van der Waals surface area contributed by atoms with Crippen LogP contribution in [0.25, 0.3) is 0 Å². The van der Waals surface area contributed by atoms with Crippen LogP contribution in [0.5, 0.6) is 0 Å². The minimum absolute atomic E-state index is 0.0269. The second-order valence-corrected chi connectivity index (χ2v) is 4.39. The van der Waals surface area contributed by atoms with Crippen molar-refractivity contribution in [3.8, 4) is 0 Å². The molecule has 1 aliphatic rings. The molecular formula is C11H22N2O3. The van der Waals surface area contributed by atoms with Gasteiger partial charge in [-0.15, -0.1) is 0 Å². The summed E-state index contributed by atoms with van der Waals surface area (Å²) in [6.45, 7) is 3.27. The molecule has 2 unspecified atom stereocenters. The van der Waals surface area contributed by atoms with Crippen LogP contribution in [0.1, 0.15) is 32.6 Å². The lowest BCUT2D eigenvalue weighted by Gasteiger charge is -2.26. The van der Waals surface area contributed by atoms with Gasteiger partial charge >= 0.3 is 0 Å². The van der Waals surface area contributed by atoms with E-state index in [0.717, 1.165) is 12.8 Å². The Morgan fingerprint density at radius 2 is 2.38 bits per heavy atom. The lowest BCUT2D eigenvalue weighted by atomic mass is 9.96. The largest absolute Gasteiger partial charge is 0.385 e. The van der Waals surface area contributed by atoms with E-state index in [0.29, 0.717) is 26.0 Å². The number of nitrogens with one attached hydrogen (secondary N) is 1. The predicted octanol–water partition coefficient (Wildman–Crippen LogP) is -0.228. The molecule has 16 heavy (non-hydrogen) atoms. The molecule has 0 spiro atoms. The standard InChI is InChI=1S/C11H22N2O3/c1-9-11(15,5-7-16-9)8-13-10(14)4-2-3-6-12/h9,15H,2-8,12H2,1H3,(H,13,14). The van der Waals surface area contributed by atoms with Crippen LogP contribution in [0, 0.1) is 0 Å². The first-order valence-electron chi connectivity index (χ1n) is 5.89. The van der Waals surface area contributed by atoms with Crippen molar-refractivity contribution in [3.05, 3.63) is 0 Å². The maximum Gasteiger partial charge on any atom is 0.220 e. The molecule has 1 saturated heterocycles. The molecule has 2 atom stereocenters. The third-order valence-corrected chi connectivity index (χ3v) is 3.11. The van der Waals surface area contributed by atoms with E-state index in [1.807, 2.05) is 6.92 Å². The van der Waals surface area contributed by atoms with Crippen LogP contribution in [0.3, 0.4) is 0 Å². The third kappa shape index (κ3) is 3.73. The number of hydrogen-bond donors (Lipinski definition) is 3. The first-order chi connectivity index (χ1) is 7.58. The van der Waals surface area contributed by atoms with Crippen molar-refractivity contribution in [3.63, 3.8) is 0 Å². The Bertz CT molecular complexity index is 235.